The van der Waals surface area contributed by atoms with E-state index >= 15 is 0 Å². The summed E-state index contributed by atoms with van der Waals surface area (Å²) in [6.45, 7) is 5.78. The van der Waals surface area contributed by atoms with Gasteiger partial charge in [0.2, 0.25) is 0 Å². The van der Waals surface area contributed by atoms with E-state index in [9.17, 15) is 0 Å². The fourth-order valence-electron chi connectivity index (χ4n) is 2.66. The number of rotatable bonds is 3. The maximum Gasteiger partial charge on any atom is 0.297 e. The first-order valence-electron chi connectivity index (χ1n) is 6.44. The summed E-state index contributed by atoms with van der Waals surface area (Å²) in [7, 11) is 0. The monoisotopic (exact) mass is 271 g/mol. The van der Waals surface area contributed by atoms with Crippen LogP contribution in [0.1, 0.15) is 12.1 Å². The van der Waals surface area contributed by atoms with Crippen molar-refractivity contribution in [3.05, 3.63) is 12.0 Å². The molecule has 0 saturated carbocycles. The maximum absolute atomic E-state index is 5.73. The minimum Gasteiger partial charge on any atom is -0.432 e. The molecule has 2 saturated heterocycles. The number of morpholine rings is 1. The van der Waals surface area contributed by atoms with Crippen molar-refractivity contribution < 1.29 is 9.15 Å². The molecule has 2 aliphatic heterocycles. The molecule has 2 aliphatic rings. The Morgan fingerprint density at radius 2 is 2.17 bits per heavy atom. The SMILES string of the molecule is ClCc1coc(N2CCC(N3CCOCC3)C2)n1. The van der Waals surface area contributed by atoms with Crippen LogP contribution in [0.2, 0.25) is 0 Å². The van der Waals surface area contributed by atoms with Crippen molar-refractivity contribution in [2.24, 2.45) is 0 Å². The lowest BCUT2D eigenvalue weighted by atomic mass is 10.2. The van der Waals surface area contributed by atoms with Crippen LogP contribution >= 0.6 is 11.6 Å². The fraction of sp³-hybridized carbons (Fsp3) is 0.750. The Bertz CT molecular complexity index is 392. The van der Waals surface area contributed by atoms with Crippen LogP contribution in [0.15, 0.2) is 10.7 Å². The van der Waals surface area contributed by atoms with Gasteiger partial charge in [-0.1, -0.05) is 0 Å². The van der Waals surface area contributed by atoms with E-state index in [2.05, 4.69) is 14.8 Å². The van der Waals surface area contributed by atoms with Crippen LogP contribution in [0.5, 0.6) is 0 Å². The number of halogens is 1. The quantitative estimate of drug-likeness (QED) is 0.776. The van der Waals surface area contributed by atoms with Gasteiger partial charge in [0, 0.05) is 32.2 Å². The zero-order chi connectivity index (χ0) is 12.4. The standard InChI is InChI=1S/C12H18ClN3O2/c13-7-10-9-18-12(14-10)16-2-1-11(8-16)15-3-5-17-6-4-15/h9,11H,1-8H2. The van der Waals surface area contributed by atoms with Crippen LogP contribution in [-0.4, -0.2) is 55.3 Å². The minimum absolute atomic E-state index is 0.407. The summed E-state index contributed by atoms with van der Waals surface area (Å²) in [5, 5.41) is 0. The zero-order valence-corrected chi connectivity index (χ0v) is 11.1. The summed E-state index contributed by atoms with van der Waals surface area (Å²) in [5.41, 5.74) is 0.807. The van der Waals surface area contributed by atoms with E-state index in [1.165, 1.54) is 6.42 Å². The van der Waals surface area contributed by atoms with Crippen molar-refractivity contribution in [3.8, 4) is 0 Å². The van der Waals surface area contributed by atoms with Gasteiger partial charge in [0.15, 0.2) is 0 Å². The number of anilines is 1. The molecule has 6 heteroatoms. The van der Waals surface area contributed by atoms with Crippen molar-refractivity contribution in [1.29, 1.82) is 0 Å². The lowest BCUT2D eigenvalue weighted by Crippen LogP contribution is -2.44. The second kappa shape index (κ2) is 5.47. The third-order valence-electron chi connectivity index (χ3n) is 3.67. The highest BCUT2D eigenvalue weighted by Crippen LogP contribution is 2.23. The molecule has 0 bridgehead atoms. The Morgan fingerprint density at radius 1 is 1.33 bits per heavy atom. The Kier molecular flexibility index (Phi) is 3.72. The number of aromatic nitrogens is 1. The Morgan fingerprint density at radius 3 is 2.89 bits per heavy atom. The van der Waals surface area contributed by atoms with Crippen LogP contribution in [0.25, 0.3) is 0 Å². The van der Waals surface area contributed by atoms with E-state index in [4.69, 9.17) is 20.8 Å². The summed E-state index contributed by atoms with van der Waals surface area (Å²) in [6, 6.07) is 1.31. The average molecular weight is 272 g/mol. The highest BCUT2D eigenvalue weighted by molar-refractivity contribution is 6.16. The molecule has 3 heterocycles. The summed E-state index contributed by atoms with van der Waals surface area (Å²) >= 11 is 5.73. The largest absolute Gasteiger partial charge is 0.432 e. The molecule has 18 heavy (non-hydrogen) atoms. The molecule has 1 unspecified atom stereocenters. The molecule has 1 atom stereocenters. The third-order valence-corrected chi connectivity index (χ3v) is 3.95. The second-order valence-corrected chi connectivity index (χ2v) is 5.06. The van der Waals surface area contributed by atoms with E-state index in [0.29, 0.717) is 17.9 Å². The molecule has 1 aromatic rings. The first-order chi connectivity index (χ1) is 8.86. The zero-order valence-electron chi connectivity index (χ0n) is 10.3. The first-order valence-corrected chi connectivity index (χ1v) is 6.97. The Labute approximate surface area is 112 Å². The molecule has 0 N–H and O–H groups in total. The van der Waals surface area contributed by atoms with Crippen molar-refractivity contribution in [3.63, 3.8) is 0 Å². The number of alkyl halides is 1. The first kappa shape index (κ1) is 12.3. The van der Waals surface area contributed by atoms with Crippen LogP contribution in [0.4, 0.5) is 6.01 Å². The molecule has 0 radical (unpaired) electrons. The van der Waals surface area contributed by atoms with Crippen molar-refractivity contribution in [2.45, 2.75) is 18.3 Å². The summed E-state index contributed by atoms with van der Waals surface area (Å²) in [4.78, 5) is 9.09. The van der Waals surface area contributed by atoms with E-state index in [-0.39, 0.29) is 0 Å². The van der Waals surface area contributed by atoms with Crippen LogP contribution in [0, 0.1) is 0 Å². The molecule has 0 aromatic carbocycles. The molecule has 1 aromatic heterocycles. The molecule has 0 aliphatic carbocycles. The Balaban J connectivity index is 1.60. The van der Waals surface area contributed by atoms with Gasteiger partial charge in [0.05, 0.1) is 24.8 Å². The summed E-state index contributed by atoms with van der Waals surface area (Å²) in [6.07, 6.45) is 2.81. The van der Waals surface area contributed by atoms with E-state index in [1.54, 1.807) is 6.26 Å². The molecular formula is C12H18ClN3O2. The highest BCUT2D eigenvalue weighted by atomic mass is 35.5. The molecule has 5 nitrogen and oxygen atoms in total. The molecular weight excluding hydrogens is 254 g/mol. The van der Waals surface area contributed by atoms with Gasteiger partial charge in [-0.2, -0.15) is 4.98 Å². The van der Waals surface area contributed by atoms with Crippen molar-refractivity contribution in [1.82, 2.24) is 9.88 Å². The van der Waals surface area contributed by atoms with Gasteiger partial charge in [0.25, 0.3) is 6.01 Å². The van der Waals surface area contributed by atoms with E-state index < -0.39 is 0 Å². The molecule has 2 fully saturated rings. The molecule has 100 valence electrons. The fourth-order valence-corrected chi connectivity index (χ4v) is 2.78. The van der Waals surface area contributed by atoms with Gasteiger partial charge in [-0.05, 0) is 6.42 Å². The number of oxazole rings is 1. The van der Waals surface area contributed by atoms with Gasteiger partial charge >= 0.3 is 0 Å². The minimum atomic E-state index is 0.407. The third kappa shape index (κ3) is 2.48. The predicted molar refractivity (Wildman–Crippen MR) is 69.1 cm³/mol. The van der Waals surface area contributed by atoms with Gasteiger partial charge in [-0.15, -0.1) is 11.6 Å². The number of ether oxygens (including phenoxy) is 1. The van der Waals surface area contributed by atoms with Crippen LogP contribution in [0.3, 0.4) is 0 Å². The van der Waals surface area contributed by atoms with E-state index in [1.807, 2.05) is 0 Å². The molecule has 3 rings (SSSR count). The Hall–Kier alpha value is -0.780. The maximum atomic E-state index is 5.73. The van der Waals surface area contributed by atoms with Gasteiger partial charge < -0.3 is 14.1 Å². The van der Waals surface area contributed by atoms with Crippen molar-refractivity contribution in [2.75, 3.05) is 44.3 Å². The normalized spacial score (nSPS) is 25.8. The van der Waals surface area contributed by atoms with Gasteiger partial charge in [-0.25, -0.2) is 0 Å². The topological polar surface area (TPSA) is 41.7 Å². The van der Waals surface area contributed by atoms with Gasteiger partial charge in [-0.3, -0.25) is 4.90 Å². The summed E-state index contributed by atoms with van der Waals surface area (Å²) < 4.78 is 10.9. The molecule has 0 amide bonds. The van der Waals surface area contributed by atoms with Crippen molar-refractivity contribution >= 4 is 17.6 Å². The highest BCUT2D eigenvalue weighted by Gasteiger charge is 2.30. The van der Waals surface area contributed by atoms with Crippen LogP contribution in [-0.2, 0) is 10.6 Å². The lowest BCUT2D eigenvalue weighted by Gasteiger charge is -2.31. The smallest absolute Gasteiger partial charge is 0.297 e. The van der Waals surface area contributed by atoms with Crippen LogP contribution < -0.4 is 4.90 Å². The number of hydrogen-bond donors (Lipinski definition) is 0. The number of hydrogen-bond acceptors (Lipinski definition) is 5. The lowest BCUT2D eigenvalue weighted by molar-refractivity contribution is 0.0209. The predicted octanol–water partition coefficient (Wildman–Crippen LogP) is 1.32. The van der Waals surface area contributed by atoms with E-state index in [0.717, 1.165) is 45.1 Å². The second-order valence-electron chi connectivity index (χ2n) is 4.79. The number of nitrogens with zero attached hydrogens (tertiary/aromatic N) is 3. The van der Waals surface area contributed by atoms with Gasteiger partial charge in [0.1, 0.15) is 6.26 Å². The molecule has 0 spiro atoms. The average Bonchev–Trinajstić information content (AvgIpc) is 3.08. The summed E-state index contributed by atoms with van der Waals surface area (Å²) in [5.74, 6) is 0.407.